The zero-order valence-corrected chi connectivity index (χ0v) is 29.7. The third kappa shape index (κ3) is 5.11. The Morgan fingerprint density at radius 3 is 1.62 bits per heavy atom. The molecule has 0 atom stereocenters. The first-order chi connectivity index (χ1) is 27.3. The second-order valence-corrected chi connectivity index (χ2v) is 13.9. The SMILES string of the molecule is c1ccc(-c2cccc(N(c3cccc(-c4ccccc4)c3)c3cccc4c3ccc3c5cncc(-c6cccc7c6oc6ccccc67)c5oc43)c2)cc1. The zero-order chi connectivity index (χ0) is 36.3. The normalized spacial score (nSPS) is 11.6. The van der Waals surface area contributed by atoms with E-state index in [1.165, 1.54) is 11.1 Å². The number of anilines is 3. The molecule has 0 radical (unpaired) electrons. The molecule has 0 saturated carbocycles. The summed E-state index contributed by atoms with van der Waals surface area (Å²) >= 11 is 0. The maximum Gasteiger partial charge on any atom is 0.146 e. The van der Waals surface area contributed by atoms with E-state index in [1.807, 2.05) is 30.6 Å². The molecular weight excluding hydrogens is 673 g/mol. The predicted octanol–water partition coefficient (Wildman–Crippen LogP) is 14.5. The van der Waals surface area contributed by atoms with Crippen LogP contribution in [-0.2, 0) is 0 Å². The number of para-hydroxylation sites is 2. The average molecular weight is 705 g/mol. The molecule has 0 spiro atoms. The van der Waals surface area contributed by atoms with Gasteiger partial charge in [-0.3, -0.25) is 4.98 Å². The standard InChI is InChI=1S/C51H32N2O2/c1-3-13-33(14-4-1)35-17-9-19-37(29-35)53(38-20-10-18-36(30-38)34-15-5-2-6-16-34)47-25-12-24-41-39(47)27-28-44-46-32-52-31-45(51(46)55-50(41)44)43-23-11-22-42-40-21-7-8-26-48(40)54-49(42)43/h1-32H. The largest absolute Gasteiger partial charge is 0.455 e. The fraction of sp³-hybridized carbons (Fsp3) is 0. The van der Waals surface area contributed by atoms with Crippen LogP contribution in [0.25, 0.3) is 88.0 Å². The molecule has 11 rings (SSSR count). The molecule has 11 aromatic rings. The molecule has 4 heteroatoms. The minimum atomic E-state index is 0.791. The van der Waals surface area contributed by atoms with E-state index in [4.69, 9.17) is 13.8 Å². The van der Waals surface area contributed by atoms with E-state index >= 15 is 0 Å². The van der Waals surface area contributed by atoms with Gasteiger partial charge in [0.05, 0.1) is 5.69 Å². The molecule has 258 valence electrons. The van der Waals surface area contributed by atoms with E-state index in [1.54, 1.807) is 0 Å². The van der Waals surface area contributed by atoms with Gasteiger partial charge in [0.1, 0.15) is 22.3 Å². The maximum atomic E-state index is 6.97. The predicted molar refractivity (Wildman–Crippen MR) is 227 cm³/mol. The zero-order valence-electron chi connectivity index (χ0n) is 29.7. The molecule has 3 heterocycles. The number of hydrogen-bond acceptors (Lipinski definition) is 4. The lowest BCUT2D eigenvalue weighted by Gasteiger charge is -2.28. The quantitative estimate of drug-likeness (QED) is 0.173. The van der Waals surface area contributed by atoms with Crippen LogP contribution in [-0.4, -0.2) is 4.98 Å². The maximum absolute atomic E-state index is 6.97. The number of benzene rings is 8. The van der Waals surface area contributed by atoms with Crippen LogP contribution in [0.3, 0.4) is 0 Å². The summed E-state index contributed by atoms with van der Waals surface area (Å²) < 4.78 is 13.4. The number of nitrogens with zero attached hydrogens (tertiary/aromatic N) is 2. The lowest BCUT2D eigenvalue weighted by Crippen LogP contribution is -2.10. The van der Waals surface area contributed by atoms with Crippen LogP contribution in [0.1, 0.15) is 0 Å². The molecule has 4 nitrogen and oxygen atoms in total. The van der Waals surface area contributed by atoms with Crippen LogP contribution in [0.5, 0.6) is 0 Å². The summed E-state index contributed by atoms with van der Waals surface area (Å²) in [6.45, 7) is 0. The first kappa shape index (κ1) is 31.1. The molecule has 0 N–H and O–H groups in total. The van der Waals surface area contributed by atoms with E-state index in [0.717, 1.165) is 94.0 Å². The highest BCUT2D eigenvalue weighted by atomic mass is 16.3. The van der Waals surface area contributed by atoms with Crippen LogP contribution in [0.2, 0.25) is 0 Å². The van der Waals surface area contributed by atoms with Gasteiger partial charge in [-0.25, -0.2) is 0 Å². The van der Waals surface area contributed by atoms with Gasteiger partial charge in [0.2, 0.25) is 0 Å². The lowest BCUT2D eigenvalue weighted by molar-refractivity contribution is 0.666. The van der Waals surface area contributed by atoms with Crippen molar-refractivity contribution in [2.45, 2.75) is 0 Å². The first-order valence-corrected chi connectivity index (χ1v) is 18.5. The number of fused-ring (bicyclic) bond motifs is 8. The van der Waals surface area contributed by atoms with Crippen LogP contribution in [0.15, 0.2) is 203 Å². The molecule has 0 aliphatic carbocycles. The Kier molecular flexibility index (Phi) is 7.14. The summed E-state index contributed by atoms with van der Waals surface area (Å²) in [5, 5.41) is 6.27. The Morgan fingerprint density at radius 2 is 0.891 bits per heavy atom. The van der Waals surface area contributed by atoms with Crippen molar-refractivity contribution in [2.24, 2.45) is 0 Å². The van der Waals surface area contributed by atoms with Crippen LogP contribution in [0.4, 0.5) is 17.1 Å². The molecule has 8 aromatic carbocycles. The Morgan fingerprint density at radius 1 is 0.345 bits per heavy atom. The van der Waals surface area contributed by atoms with Gasteiger partial charge in [0.15, 0.2) is 0 Å². The fourth-order valence-corrected chi connectivity index (χ4v) is 8.17. The highest BCUT2D eigenvalue weighted by Crippen LogP contribution is 2.46. The monoisotopic (exact) mass is 704 g/mol. The Hall–Kier alpha value is -7.43. The molecule has 0 bridgehead atoms. The molecule has 0 amide bonds. The third-order valence-electron chi connectivity index (χ3n) is 10.7. The average Bonchev–Trinajstić information content (AvgIpc) is 3.84. The van der Waals surface area contributed by atoms with Crippen molar-refractivity contribution < 1.29 is 8.83 Å². The van der Waals surface area contributed by atoms with Crippen molar-refractivity contribution in [2.75, 3.05) is 4.90 Å². The number of aromatic nitrogens is 1. The number of hydrogen-bond donors (Lipinski definition) is 0. The van der Waals surface area contributed by atoms with Crippen molar-refractivity contribution in [3.63, 3.8) is 0 Å². The number of rotatable bonds is 6. The number of furan rings is 2. The molecule has 0 aliphatic heterocycles. The van der Waals surface area contributed by atoms with Crippen molar-refractivity contribution in [3.05, 3.63) is 194 Å². The van der Waals surface area contributed by atoms with E-state index in [9.17, 15) is 0 Å². The van der Waals surface area contributed by atoms with Gasteiger partial charge in [0.25, 0.3) is 0 Å². The molecule has 0 aliphatic rings. The lowest BCUT2D eigenvalue weighted by atomic mass is 10.00. The van der Waals surface area contributed by atoms with Gasteiger partial charge in [-0.05, 0) is 64.7 Å². The van der Waals surface area contributed by atoms with Crippen molar-refractivity contribution in [3.8, 4) is 33.4 Å². The Bertz CT molecular complexity index is 3130. The molecular formula is C51H32N2O2. The summed E-state index contributed by atoms with van der Waals surface area (Å²) in [5.41, 5.74) is 13.0. The van der Waals surface area contributed by atoms with Crippen LogP contribution < -0.4 is 4.90 Å². The van der Waals surface area contributed by atoms with Gasteiger partial charge in [0, 0.05) is 67.2 Å². The topological polar surface area (TPSA) is 42.4 Å². The number of pyridine rings is 1. The van der Waals surface area contributed by atoms with Gasteiger partial charge in [-0.15, -0.1) is 0 Å². The molecule has 0 unspecified atom stereocenters. The Balaban J connectivity index is 1.13. The first-order valence-electron chi connectivity index (χ1n) is 18.5. The summed E-state index contributed by atoms with van der Waals surface area (Å²) in [5.74, 6) is 0. The highest BCUT2D eigenvalue weighted by molar-refractivity contribution is 6.20. The van der Waals surface area contributed by atoms with Gasteiger partial charge in [-0.1, -0.05) is 140 Å². The Labute approximate surface area is 317 Å². The van der Waals surface area contributed by atoms with Gasteiger partial charge in [-0.2, -0.15) is 0 Å². The van der Waals surface area contributed by atoms with Crippen molar-refractivity contribution in [1.29, 1.82) is 0 Å². The molecule has 55 heavy (non-hydrogen) atoms. The minimum Gasteiger partial charge on any atom is -0.455 e. The van der Waals surface area contributed by atoms with E-state index in [2.05, 4.69) is 169 Å². The van der Waals surface area contributed by atoms with Gasteiger partial charge >= 0.3 is 0 Å². The molecule has 0 fully saturated rings. The second kappa shape index (κ2) is 12.6. The van der Waals surface area contributed by atoms with E-state index in [-0.39, 0.29) is 0 Å². The third-order valence-corrected chi connectivity index (χ3v) is 10.7. The van der Waals surface area contributed by atoms with Crippen LogP contribution in [0, 0.1) is 0 Å². The minimum absolute atomic E-state index is 0.791. The van der Waals surface area contributed by atoms with E-state index < -0.39 is 0 Å². The van der Waals surface area contributed by atoms with Crippen molar-refractivity contribution in [1.82, 2.24) is 4.98 Å². The molecule has 0 saturated heterocycles. The summed E-state index contributed by atoms with van der Waals surface area (Å²) in [6.07, 6.45) is 3.80. The van der Waals surface area contributed by atoms with Crippen molar-refractivity contribution >= 4 is 71.7 Å². The summed E-state index contributed by atoms with van der Waals surface area (Å²) in [7, 11) is 0. The van der Waals surface area contributed by atoms with Crippen LogP contribution >= 0.6 is 0 Å². The highest BCUT2D eigenvalue weighted by Gasteiger charge is 2.22. The van der Waals surface area contributed by atoms with E-state index in [0.29, 0.717) is 0 Å². The molecule has 3 aromatic heterocycles. The fourth-order valence-electron chi connectivity index (χ4n) is 8.17. The van der Waals surface area contributed by atoms with Gasteiger partial charge < -0.3 is 13.7 Å². The summed E-state index contributed by atoms with van der Waals surface area (Å²) in [6, 6.07) is 64.1. The smallest absolute Gasteiger partial charge is 0.146 e. The second-order valence-electron chi connectivity index (χ2n) is 13.9. The summed E-state index contributed by atoms with van der Waals surface area (Å²) in [4.78, 5) is 7.10.